The summed E-state index contributed by atoms with van der Waals surface area (Å²) < 4.78 is 2.02. The second-order valence-electron chi connectivity index (χ2n) is 4.85. The van der Waals surface area contributed by atoms with Crippen LogP contribution in [0.5, 0.6) is 0 Å². The van der Waals surface area contributed by atoms with Gasteiger partial charge in [0, 0.05) is 38.4 Å². The molecule has 2 amide bonds. The Morgan fingerprint density at radius 2 is 2.32 bits per heavy atom. The van der Waals surface area contributed by atoms with E-state index in [9.17, 15) is 9.59 Å². The van der Waals surface area contributed by atoms with Gasteiger partial charge in [-0.1, -0.05) is 6.92 Å². The molecule has 2 N–H and O–H groups in total. The van der Waals surface area contributed by atoms with Crippen LogP contribution in [0, 0.1) is 5.92 Å². The molecule has 0 fully saturated rings. The van der Waals surface area contributed by atoms with E-state index in [1.54, 1.807) is 18.0 Å². The summed E-state index contributed by atoms with van der Waals surface area (Å²) in [6.45, 7) is 4.05. The van der Waals surface area contributed by atoms with E-state index < -0.39 is 5.97 Å². The smallest absolute Gasteiger partial charge is 0.317 e. The number of nitrogens with one attached hydrogen (secondary N) is 1. The molecule has 1 unspecified atom stereocenters. The highest BCUT2D eigenvalue weighted by atomic mass is 16.4. The van der Waals surface area contributed by atoms with Crippen LogP contribution in [0.15, 0.2) is 12.4 Å². The van der Waals surface area contributed by atoms with E-state index in [2.05, 4.69) is 10.3 Å². The number of aromatic nitrogens is 2. The normalized spacial score (nSPS) is 15.7. The number of imidazole rings is 1. The Hall–Kier alpha value is -2.05. The molecule has 1 aromatic heterocycles. The van der Waals surface area contributed by atoms with E-state index >= 15 is 0 Å². The zero-order valence-corrected chi connectivity index (χ0v) is 10.9. The molecule has 0 radical (unpaired) electrons. The van der Waals surface area contributed by atoms with E-state index in [1.165, 1.54) is 0 Å². The van der Waals surface area contributed by atoms with E-state index in [-0.39, 0.29) is 18.4 Å². The average Bonchev–Trinajstić information content (AvgIpc) is 2.82. The molecule has 7 heteroatoms. The van der Waals surface area contributed by atoms with Gasteiger partial charge >= 0.3 is 12.0 Å². The van der Waals surface area contributed by atoms with Crippen molar-refractivity contribution in [3.63, 3.8) is 0 Å². The second-order valence-corrected chi connectivity index (χ2v) is 4.85. The molecule has 0 bridgehead atoms. The quantitative estimate of drug-likeness (QED) is 0.831. The van der Waals surface area contributed by atoms with Crippen molar-refractivity contribution in [2.24, 2.45) is 5.92 Å². The Bertz CT molecular complexity index is 471. The highest BCUT2D eigenvalue weighted by Crippen LogP contribution is 2.10. The lowest BCUT2D eigenvalue weighted by Gasteiger charge is -2.28. The number of aliphatic carboxylic acids is 1. The Labute approximate surface area is 111 Å². The molecule has 0 saturated carbocycles. The summed E-state index contributed by atoms with van der Waals surface area (Å²) in [6.07, 6.45) is 3.69. The van der Waals surface area contributed by atoms with Gasteiger partial charge in [-0.25, -0.2) is 9.78 Å². The molecular formula is C12H18N4O3. The number of urea groups is 1. The largest absolute Gasteiger partial charge is 0.481 e. The van der Waals surface area contributed by atoms with E-state index in [0.29, 0.717) is 19.6 Å². The Morgan fingerprint density at radius 3 is 3.05 bits per heavy atom. The van der Waals surface area contributed by atoms with Gasteiger partial charge < -0.3 is 19.9 Å². The van der Waals surface area contributed by atoms with Crippen LogP contribution >= 0.6 is 0 Å². The van der Waals surface area contributed by atoms with Crippen molar-refractivity contribution in [1.82, 2.24) is 19.8 Å². The molecule has 2 rings (SSSR count). The predicted molar refractivity (Wildman–Crippen MR) is 67.5 cm³/mol. The molecule has 1 aliphatic heterocycles. The maximum absolute atomic E-state index is 12.0. The third kappa shape index (κ3) is 3.46. The molecule has 0 spiro atoms. The van der Waals surface area contributed by atoms with Crippen LogP contribution < -0.4 is 5.32 Å². The first kappa shape index (κ1) is 13.4. The standard InChI is InChI=1S/C12H18N4O3/c1-9(6-11(17)18)7-14-12(19)16-5-4-15-3-2-13-10(15)8-16/h2-3,9H,4-8H2,1H3,(H,14,19)(H,17,18). The first-order chi connectivity index (χ1) is 9.06. The summed E-state index contributed by atoms with van der Waals surface area (Å²) in [5.74, 6) is -0.0463. The molecule has 19 heavy (non-hydrogen) atoms. The zero-order chi connectivity index (χ0) is 13.8. The number of amides is 2. The highest BCUT2D eigenvalue weighted by Gasteiger charge is 2.21. The summed E-state index contributed by atoms with van der Waals surface area (Å²) >= 11 is 0. The van der Waals surface area contributed by atoms with E-state index in [0.717, 1.165) is 12.4 Å². The minimum atomic E-state index is -0.846. The number of rotatable bonds is 4. The minimum absolute atomic E-state index is 0.0602. The van der Waals surface area contributed by atoms with Crippen LogP contribution in [0.2, 0.25) is 0 Å². The summed E-state index contributed by atoms with van der Waals surface area (Å²) in [5.41, 5.74) is 0. The number of hydrogen-bond acceptors (Lipinski definition) is 3. The van der Waals surface area contributed by atoms with Gasteiger partial charge in [-0.05, 0) is 5.92 Å². The van der Waals surface area contributed by atoms with Gasteiger partial charge in [-0.2, -0.15) is 0 Å². The van der Waals surface area contributed by atoms with Crippen molar-refractivity contribution in [2.75, 3.05) is 13.1 Å². The van der Waals surface area contributed by atoms with Gasteiger partial charge in [0.05, 0.1) is 6.54 Å². The molecule has 1 aliphatic rings. The second kappa shape index (κ2) is 5.73. The van der Waals surface area contributed by atoms with Crippen molar-refractivity contribution in [2.45, 2.75) is 26.4 Å². The van der Waals surface area contributed by atoms with Crippen LogP contribution in [0.1, 0.15) is 19.2 Å². The summed E-state index contributed by atoms with van der Waals surface area (Å²) in [6, 6.07) is -0.161. The van der Waals surface area contributed by atoms with Crippen molar-refractivity contribution >= 4 is 12.0 Å². The van der Waals surface area contributed by atoms with Gasteiger partial charge in [-0.15, -0.1) is 0 Å². The number of carboxylic acid groups (broad SMARTS) is 1. The Balaban J connectivity index is 1.80. The molecule has 0 aliphatic carbocycles. The summed E-state index contributed by atoms with van der Waals surface area (Å²) in [4.78, 5) is 28.4. The molecule has 1 atom stereocenters. The SMILES string of the molecule is CC(CNC(=O)N1CCn2ccnc2C1)CC(=O)O. The van der Waals surface area contributed by atoms with Crippen molar-refractivity contribution in [3.8, 4) is 0 Å². The van der Waals surface area contributed by atoms with Crippen LogP contribution in [-0.2, 0) is 17.9 Å². The van der Waals surface area contributed by atoms with E-state index in [1.807, 2.05) is 10.8 Å². The lowest BCUT2D eigenvalue weighted by atomic mass is 10.1. The van der Waals surface area contributed by atoms with Gasteiger partial charge in [-0.3, -0.25) is 4.79 Å². The lowest BCUT2D eigenvalue weighted by molar-refractivity contribution is -0.137. The van der Waals surface area contributed by atoms with Gasteiger partial charge in [0.1, 0.15) is 5.82 Å². The molecule has 104 valence electrons. The van der Waals surface area contributed by atoms with Gasteiger partial charge in [0.2, 0.25) is 0 Å². The van der Waals surface area contributed by atoms with Crippen LogP contribution in [-0.4, -0.2) is 44.6 Å². The summed E-state index contributed by atoms with van der Waals surface area (Å²) in [7, 11) is 0. The number of nitrogens with zero attached hydrogens (tertiary/aromatic N) is 3. The maximum atomic E-state index is 12.0. The van der Waals surface area contributed by atoms with Crippen molar-refractivity contribution < 1.29 is 14.7 Å². The number of carbonyl (C=O) groups is 2. The van der Waals surface area contributed by atoms with Crippen molar-refractivity contribution in [1.29, 1.82) is 0 Å². The van der Waals surface area contributed by atoms with Gasteiger partial charge in [0.25, 0.3) is 0 Å². The van der Waals surface area contributed by atoms with E-state index in [4.69, 9.17) is 5.11 Å². The molecule has 7 nitrogen and oxygen atoms in total. The minimum Gasteiger partial charge on any atom is -0.481 e. The predicted octanol–water partition coefficient (Wildman–Crippen LogP) is 0.519. The summed E-state index contributed by atoms with van der Waals surface area (Å²) in [5, 5.41) is 11.4. The van der Waals surface area contributed by atoms with Crippen LogP contribution in [0.25, 0.3) is 0 Å². The number of carboxylic acids is 1. The maximum Gasteiger partial charge on any atom is 0.317 e. The fraction of sp³-hybridized carbons (Fsp3) is 0.583. The molecule has 1 aromatic rings. The van der Waals surface area contributed by atoms with Crippen molar-refractivity contribution in [3.05, 3.63) is 18.2 Å². The number of fused-ring (bicyclic) bond motifs is 1. The molecule has 0 saturated heterocycles. The molecule has 0 aromatic carbocycles. The monoisotopic (exact) mass is 266 g/mol. The van der Waals surface area contributed by atoms with Crippen LogP contribution in [0.3, 0.4) is 0 Å². The molecular weight excluding hydrogens is 248 g/mol. The average molecular weight is 266 g/mol. The fourth-order valence-electron chi connectivity index (χ4n) is 2.09. The zero-order valence-electron chi connectivity index (χ0n) is 10.9. The Morgan fingerprint density at radius 1 is 1.53 bits per heavy atom. The lowest BCUT2D eigenvalue weighted by Crippen LogP contribution is -2.45. The third-order valence-corrected chi connectivity index (χ3v) is 3.16. The topological polar surface area (TPSA) is 87.5 Å². The number of carbonyl (C=O) groups excluding carboxylic acids is 1. The third-order valence-electron chi connectivity index (χ3n) is 3.16. The van der Waals surface area contributed by atoms with Gasteiger partial charge in [0.15, 0.2) is 0 Å². The first-order valence-corrected chi connectivity index (χ1v) is 6.31. The Kier molecular flexibility index (Phi) is 4.03. The molecule has 2 heterocycles. The fourth-order valence-corrected chi connectivity index (χ4v) is 2.09. The first-order valence-electron chi connectivity index (χ1n) is 6.31. The highest BCUT2D eigenvalue weighted by molar-refractivity contribution is 5.74. The number of hydrogen-bond donors (Lipinski definition) is 2. The van der Waals surface area contributed by atoms with Crippen LogP contribution in [0.4, 0.5) is 4.79 Å².